The van der Waals surface area contributed by atoms with Gasteiger partial charge in [-0.2, -0.15) is 0 Å². The van der Waals surface area contributed by atoms with Crippen molar-refractivity contribution >= 4 is 4.82 Å². The van der Waals surface area contributed by atoms with E-state index in [1.54, 1.807) is 7.76 Å². The van der Waals surface area contributed by atoms with Crippen LogP contribution in [0, 0.1) is 0 Å². The van der Waals surface area contributed by atoms with Gasteiger partial charge in [-0.05, 0) is 0 Å². The van der Waals surface area contributed by atoms with E-state index < -0.39 is 17.4 Å². The number of rotatable bonds is 2. The van der Waals surface area contributed by atoms with E-state index in [9.17, 15) is 0 Å². The summed E-state index contributed by atoms with van der Waals surface area (Å²) in [5.41, 5.74) is 6.05. The SMILES string of the molecule is [CH2]=[Ti+2]([C]1=C(C)C=C(C)C1)[C]1=C(C)C=C(C)C1.[Cl-].[Cl-]. The van der Waals surface area contributed by atoms with Crippen LogP contribution in [-0.2, 0) is 17.4 Å². The van der Waals surface area contributed by atoms with E-state index in [-0.39, 0.29) is 24.8 Å². The fourth-order valence-electron chi connectivity index (χ4n) is 2.72. The molecule has 0 aromatic rings. The molecule has 0 saturated carbocycles. The second-order valence-electron chi connectivity index (χ2n) is 5.14. The van der Waals surface area contributed by atoms with Crippen molar-refractivity contribution < 1.29 is 42.2 Å². The first-order valence-electron chi connectivity index (χ1n) is 5.92. The van der Waals surface area contributed by atoms with Crippen molar-refractivity contribution in [2.24, 2.45) is 0 Å². The van der Waals surface area contributed by atoms with Crippen LogP contribution >= 0.6 is 0 Å². The number of hydrogen-bond donors (Lipinski definition) is 0. The Balaban J connectivity index is 0.00000144. The Kier molecular flexibility index (Phi) is 7.10. The van der Waals surface area contributed by atoms with Crippen molar-refractivity contribution in [3.63, 3.8) is 0 Å². The Bertz CT molecular complexity index is 447. The van der Waals surface area contributed by atoms with Gasteiger partial charge in [0.2, 0.25) is 0 Å². The molecule has 98 valence electrons. The van der Waals surface area contributed by atoms with Crippen LogP contribution in [-0.4, -0.2) is 4.82 Å². The normalized spacial score (nSPS) is 17.7. The molecule has 0 aromatic heterocycles. The van der Waals surface area contributed by atoms with Crippen molar-refractivity contribution in [1.82, 2.24) is 0 Å². The maximum absolute atomic E-state index is 4.56. The van der Waals surface area contributed by atoms with Crippen molar-refractivity contribution in [2.45, 2.75) is 40.5 Å². The number of hydrogen-bond acceptors (Lipinski definition) is 0. The Morgan fingerprint density at radius 2 is 1.17 bits per heavy atom. The van der Waals surface area contributed by atoms with Crippen molar-refractivity contribution in [3.05, 3.63) is 42.2 Å². The largest absolute Gasteiger partial charge is 1.00 e. The van der Waals surface area contributed by atoms with Crippen LogP contribution in [0.1, 0.15) is 40.5 Å². The molecule has 2 aliphatic carbocycles. The Hall–Kier alpha value is 0.124. The predicted molar refractivity (Wildman–Crippen MR) is 69.3 cm³/mol. The van der Waals surface area contributed by atoms with Gasteiger partial charge in [0.15, 0.2) is 0 Å². The fourth-order valence-corrected chi connectivity index (χ4v) is 6.54. The van der Waals surface area contributed by atoms with Crippen LogP contribution in [0.5, 0.6) is 0 Å². The quantitative estimate of drug-likeness (QED) is 0.532. The number of allylic oxidation sites excluding steroid dienone is 8. The second kappa shape index (κ2) is 7.05. The van der Waals surface area contributed by atoms with Crippen molar-refractivity contribution in [3.8, 4) is 0 Å². The standard InChI is InChI=1S/2C7H9.CH2.2ClH.Ti/c2*1-6-3-4-7(2)5-6;;;;/h2*5H,3H2,1-2H3;1H2;2*1H;/q;;;;;+2/p-2. The topological polar surface area (TPSA) is 0 Å². The summed E-state index contributed by atoms with van der Waals surface area (Å²) < 4.78 is 3.38. The first-order chi connectivity index (χ1) is 7.49. The van der Waals surface area contributed by atoms with Gasteiger partial charge in [0.1, 0.15) is 0 Å². The van der Waals surface area contributed by atoms with E-state index in [0.29, 0.717) is 0 Å². The molecule has 2 aliphatic rings. The molecule has 0 nitrogen and oxygen atoms in total. The van der Waals surface area contributed by atoms with Crippen LogP contribution < -0.4 is 24.8 Å². The van der Waals surface area contributed by atoms with E-state index in [1.807, 2.05) is 0 Å². The van der Waals surface area contributed by atoms with E-state index in [4.69, 9.17) is 0 Å². The summed E-state index contributed by atoms with van der Waals surface area (Å²) in [6.07, 6.45) is 7.08. The Morgan fingerprint density at radius 3 is 1.39 bits per heavy atom. The van der Waals surface area contributed by atoms with Crippen molar-refractivity contribution in [2.75, 3.05) is 0 Å². The van der Waals surface area contributed by atoms with Crippen LogP contribution in [0.15, 0.2) is 42.2 Å². The molecule has 18 heavy (non-hydrogen) atoms. The van der Waals surface area contributed by atoms with E-state index in [1.165, 1.54) is 35.1 Å². The molecule has 3 heteroatoms. The predicted octanol–water partition coefficient (Wildman–Crippen LogP) is -1.71. The van der Waals surface area contributed by atoms with Crippen LogP contribution in [0.3, 0.4) is 0 Å². The molecule has 0 aromatic carbocycles. The average molecular weight is 319 g/mol. The minimum absolute atomic E-state index is 0. The molecule has 0 atom stereocenters. The summed E-state index contributed by atoms with van der Waals surface area (Å²) in [5.74, 6) is 0. The van der Waals surface area contributed by atoms with Gasteiger partial charge in [0.05, 0.1) is 0 Å². The summed E-state index contributed by atoms with van der Waals surface area (Å²) in [6.45, 7) is 8.99. The first-order valence-corrected chi connectivity index (χ1v) is 8.59. The summed E-state index contributed by atoms with van der Waals surface area (Å²) >= 11 is -1.39. The molecule has 0 bridgehead atoms. The summed E-state index contributed by atoms with van der Waals surface area (Å²) in [7, 11) is 0. The third-order valence-corrected chi connectivity index (χ3v) is 7.58. The molecule has 0 unspecified atom stereocenters. The molecule has 0 radical (unpaired) electrons. The molecule has 0 aliphatic heterocycles. The monoisotopic (exact) mass is 318 g/mol. The minimum Gasteiger partial charge on any atom is -1.00 e. The van der Waals surface area contributed by atoms with Gasteiger partial charge in [0, 0.05) is 0 Å². The molecular formula is C15H20Cl2Ti. The van der Waals surface area contributed by atoms with E-state index in [0.717, 1.165) is 0 Å². The van der Waals surface area contributed by atoms with Crippen LogP contribution in [0.25, 0.3) is 0 Å². The average Bonchev–Trinajstić information content (AvgIpc) is 2.68. The molecule has 0 N–H and O–H groups in total. The third-order valence-electron chi connectivity index (χ3n) is 3.52. The minimum atomic E-state index is -1.39. The Labute approximate surface area is 129 Å². The molecule has 0 spiro atoms. The molecular weight excluding hydrogens is 299 g/mol. The fraction of sp³-hybridized carbons (Fsp3) is 0.400. The molecule has 0 fully saturated rings. The smallest absolute Gasteiger partial charge is 1.00 e. The number of halogens is 2. The molecule has 2 rings (SSSR count). The molecule has 0 heterocycles. The van der Waals surface area contributed by atoms with Gasteiger partial charge in [0.25, 0.3) is 0 Å². The van der Waals surface area contributed by atoms with Gasteiger partial charge in [-0.25, -0.2) is 0 Å². The van der Waals surface area contributed by atoms with E-state index in [2.05, 4.69) is 44.7 Å². The Morgan fingerprint density at radius 1 is 0.833 bits per heavy atom. The van der Waals surface area contributed by atoms with Gasteiger partial charge in [-0.1, -0.05) is 0 Å². The second-order valence-corrected chi connectivity index (χ2v) is 8.52. The first kappa shape index (κ1) is 18.1. The zero-order chi connectivity index (χ0) is 11.9. The van der Waals surface area contributed by atoms with Gasteiger partial charge in [-0.3, -0.25) is 0 Å². The zero-order valence-corrected chi connectivity index (χ0v) is 14.6. The maximum atomic E-state index is 4.56. The molecule has 0 saturated heterocycles. The van der Waals surface area contributed by atoms with Gasteiger partial charge in [-0.15, -0.1) is 0 Å². The maximum Gasteiger partial charge on any atom is -1.00 e. The summed E-state index contributed by atoms with van der Waals surface area (Å²) in [4.78, 5) is 4.56. The third kappa shape index (κ3) is 3.57. The summed E-state index contributed by atoms with van der Waals surface area (Å²) in [6, 6.07) is 0. The summed E-state index contributed by atoms with van der Waals surface area (Å²) in [5, 5.41) is 0. The van der Waals surface area contributed by atoms with Crippen LogP contribution in [0.4, 0.5) is 0 Å². The van der Waals surface area contributed by atoms with E-state index >= 15 is 0 Å². The zero-order valence-electron chi connectivity index (χ0n) is 11.5. The van der Waals surface area contributed by atoms with Crippen molar-refractivity contribution in [1.29, 1.82) is 0 Å². The van der Waals surface area contributed by atoms with Crippen LogP contribution in [0.2, 0.25) is 0 Å². The molecule has 0 amide bonds. The van der Waals surface area contributed by atoms with Gasteiger partial charge < -0.3 is 24.8 Å². The van der Waals surface area contributed by atoms with Gasteiger partial charge >= 0.3 is 105 Å².